The van der Waals surface area contributed by atoms with E-state index in [1.165, 1.54) is 4.68 Å². The van der Waals surface area contributed by atoms with E-state index in [9.17, 15) is 19.5 Å². The summed E-state index contributed by atoms with van der Waals surface area (Å²) in [5.74, 6) is -2.04. The summed E-state index contributed by atoms with van der Waals surface area (Å²) in [5.41, 5.74) is 0.509. The minimum absolute atomic E-state index is 0.0237. The van der Waals surface area contributed by atoms with Crippen molar-refractivity contribution in [3.63, 3.8) is 0 Å². The van der Waals surface area contributed by atoms with Gasteiger partial charge in [-0.1, -0.05) is 61.9 Å². The van der Waals surface area contributed by atoms with E-state index < -0.39 is 17.9 Å². The smallest absolute Gasteiger partial charge is 0.274 e. The van der Waals surface area contributed by atoms with Crippen LogP contribution >= 0.6 is 0 Å². The lowest BCUT2D eigenvalue weighted by atomic mass is 10.1. The molecule has 3 rings (SSSR count). The summed E-state index contributed by atoms with van der Waals surface area (Å²) in [6, 6.07) is 14.4. The lowest BCUT2D eigenvalue weighted by Crippen LogP contribution is -2.49. The third kappa shape index (κ3) is 4.68. The average Bonchev–Trinajstić information content (AvgIpc) is 2.73. The van der Waals surface area contributed by atoms with Crippen molar-refractivity contribution in [3.8, 4) is 0 Å². The van der Waals surface area contributed by atoms with Crippen molar-refractivity contribution in [1.82, 2.24) is 15.1 Å². The van der Waals surface area contributed by atoms with Crippen molar-refractivity contribution in [2.75, 3.05) is 0 Å². The zero-order valence-corrected chi connectivity index (χ0v) is 16.1. The van der Waals surface area contributed by atoms with E-state index in [1.807, 2.05) is 13.0 Å². The molecule has 2 aromatic carbocycles. The SMILES string of the molecule is CCCCn1nc(C(=O)N[C@@H](Cc2ccccc2)C(=O)[O-])c2ccccc2c1=O. The van der Waals surface area contributed by atoms with Crippen LogP contribution in [-0.2, 0) is 17.8 Å². The van der Waals surface area contributed by atoms with Crippen LogP contribution in [0.3, 0.4) is 0 Å². The maximum Gasteiger partial charge on any atom is 0.274 e. The summed E-state index contributed by atoms with van der Waals surface area (Å²) >= 11 is 0. The first kappa shape index (κ1) is 20.3. The summed E-state index contributed by atoms with van der Waals surface area (Å²) in [5, 5.41) is 19.1. The Labute approximate surface area is 168 Å². The summed E-state index contributed by atoms with van der Waals surface area (Å²) in [6.07, 6.45) is 1.69. The molecule has 0 bridgehead atoms. The highest BCUT2D eigenvalue weighted by molar-refractivity contribution is 6.05. The lowest BCUT2D eigenvalue weighted by molar-refractivity contribution is -0.308. The summed E-state index contributed by atoms with van der Waals surface area (Å²) in [6.45, 7) is 2.38. The summed E-state index contributed by atoms with van der Waals surface area (Å²) < 4.78 is 1.27. The number of carbonyl (C=O) groups excluding carboxylic acids is 2. The molecule has 0 aliphatic rings. The van der Waals surface area contributed by atoms with Crippen LogP contribution in [-0.4, -0.2) is 27.7 Å². The van der Waals surface area contributed by atoms with Gasteiger partial charge in [0, 0.05) is 11.9 Å². The largest absolute Gasteiger partial charge is 0.548 e. The Hall–Kier alpha value is -3.48. The fourth-order valence-electron chi connectivity index (χ4n) is 3.13. The van der Waals surface area contributed by atoms with Crippen molar-refractivity contribution >= 4 is 22.6 Å². The Morgan fingerprint density at radius 1 is 1.07 bits per heavy atom. The second kappa shape index (κ2) is 9.14. The van der Waals surface area contributed by atoms with E-state index in [4.69, 9.17) is 0 Å². The number of aliphatic carboxylic acids is 1. The molecule has 7 heteroatoms. The molecule has 1 amide bonds. The van der Waals surface area contributed by atoms with Crippen LogP contribution in [0.2, 0.25) is 0 Å². The first-order chi connectivity index (χ1) is 14.0. The molecule has 1 atom stereocenters. The van der Waals surface area contributed by atoms with E-state index in [0.717, 1.165) is 18.4 Å². The van der Waals surface area contributed by atoms with E-state index >= 15 is 0 Å². The number of carboxylic acids is 1. The molecule has 0 radical (unpaired) electrons. The van der Waals surface area contributed by atoms with Crippen LogP contribution in [0.5, 0.6) is 0 Å². The Morgan fingerprint density at radius 2 is 1.72 bits per heavy atom. The van der Waals surface area contributed by atoms with E-state index in [-0.39, 0.29) is 17.7 Å². The molecule has 0 aliphatic carbocycles. The van der Waals surface area contributed by atoms with Crippen LogP contribution < -0.4 is 16.0 Å². The molecule has 150 valence electrons. The quantitative estimate of drug-likeness (QED) is 0.622. The van der Waals surface area contributed by atoms with Gasteiger partial charge in [0.15, 0.2) is 5.69 Å². The van der Waals surface area contributed by atoms with Crippen molar-refractivity contribution < 1.29 is 14.7 Å². The number of hydrogen-bond acceptors (Lipinski definition) is 5. The van der Waals surface area contributed by atoms with Crippen LogP contribution in [0.15, 0.2) is 59.4 Å². The Bertz CT molecular complexity index is 1080. The number of unbranched alkanes of at least 4 members (excludes halogenated alkanes) is 1. The molecular formula is C22H22N3O4-. The van der Waals surface area contributed by atoms with Gasteiger partial charge in [-0.25, -0.2) is 4.68 Å². The Balaban J connectivity index is 1.95. The number of carbonyl (C=O) groups is 2. The maximum atomic E-state index is 12.9. The minimum Gasteiger partial charge on any atom is -0.548 e. The Kier molecular flexibility index (Phi) is 6.39. The number of hydrogen-bond donors (Lipinski definition) is 1. The molecule has 0 fully saturated rings. The first-order valence-electron chi connectivity index (χ1n) is 9.56. The highest BCUT2D eigenvalue weighted by atomic mass is 16.4. The fourth-order valence-corrected chi connectivity index (χ4v) is 3.13. The van der Waals surface area contributed by atoms with E-state index in [1.54, 1.807) is 48.5 Å². The van der Waals surface area contributed by atoms with Crippen LogP contribution in [0.1, 0.15) is 35.8 Å². The number of nitrogens with zero attached hydrogens (tertiary/aromatic N) is 2. The number of aryl methyl sites for hydroxylation is 1. The molecular weight excluding hydrogens is 370 g/mol. The fraction of sp³-hybridized carbons (Fsp3) is 0.273. The van der Waals surface area contributed by atoms with Gasteiger partial charge in [0.25, 0.3) is 11.5 Å². The van der Waals surface area contributed by atoms with Crippen LogP contribution in [0.4, 0.5) is 0 Å². The predicted molar refractivity (Wildman–Crippen MR) is 107 cm³/mol. The lowest BCUT2D eigenvalue weighted by Gasteiger charge is -2.20. The van der Waals surface area contributed by atoms with Crippen LogP contribution in [0, 0.1) is 0 Å². The molecule has 1 heterocycles. The topological polar surface area (TPSA) is 104 Å². The molecule has 0 spiro atoms. The van der Waals surface area contributed by atoms with Gasteiger partial charge in [-0.3, -0.25) is 9.59 Å². The van der Waals surface area contributed by atoms with Gasteiger partial charge in [-0.15, -0.1) is 0 Å². The zero-order chi connectivity index (χ0) is 20.8. The molecule has 0 saturated carbocycles. The van der Waals surface area contributed by atoms with Gasteiger partial charge in [0.05, 0.1) is 17.4 Å². The molecule has 7 nitrogen and oxygen atoms in total. The normalized spacial score (nSPS) is 11.9. The highest BCUT2D eigenvalue weighted by Crippen LogP contribution is 2.14. The molecule has 1 N–H and O–H groups in total. The van der Waals surface area contributed by atoms with E-state index in [2.05, 4.69) is 10.4 Å². The molecule has 1 aromatic heterocycles. The summed E-state index contributed by atoms with van der Waals surface area (Å²) in [7, 11) is 0. The van der Waals surface area contributed by atoms with Crippen molar-refractivity contribution in [3.05, 3.63) is 76.2 Å². The number of nitrogens with one attached hydrogen (secondary N) is 1. The molecule has 0 unspecified atom stereocenters. The third-order valence-electron chi connectivity index (χ3n) is 4.68. The third-order valence-corrected chi connectivity index (χ3v) is 4.68. The van der Waals surface area contributed by atoms with Crippen molar-refractivity contribution in [2.24, 2.45) is 0 Å². The predicted octanol–water partition coefficient (Wildman–Crippen LogP) is 1.29. The standard InChI is InChI=1S/C22H23N3O4/c1-2-3-13-25-21(27)17-12-8-7-11-16(17)19(24-25)20(26)23-18(22(28)29)14-15-9-5-4-6-10-15/h4-12,18H,2-3,13-14H2,1H3,(H,23,26)(H,28,29)/p-1/t18-/m0/s1. The zero-order valence-electron chi connectivity index (χ0n) is 16.1. The first-order valence-corrected chi connectivity index (χ1v) is 9.56. The van der Waals surface area contributed by atoms with Crippen LogP contribution in [0.25, 0.3) is 10.8 Å². The molecule has 0 saturated heterocycles. The molecule has 0 aliphatic heterocycles. The second-order valence-corrected chi connectivity index (χ2v) is 6.81. The second-order valence-electron chi connectivity index (χ2n) is 6.81. The van der Waals surface area contributed by atoms with E-state index in [0.29, 0.717) is 17.3 Å². The molecule has 3 aromatic rings. The van der Waals surface area contributed by atoms with Gasteiger partial charge < -0.3 is 15.2 Å². The molecule has 29 heavy (non-hydrogen) atoms. The minimum atomic E-state index is -1.38. The van der Waals surface area contributed by atoms with Gasteiger partial charge >= 0.3 is 0 Å². The maximum absolute atomic E-state index is 12.9. The van der Waals surface area contributed by atoms with Gasteiger partial charge in [0.2, 0.25) is 0 Å². The number of rotatable bonds is 8. The van der Waals surface area contributed by atoms with Crippen molar-refractivity contribution in [2.45, 2.75) is 38.8 Å². The number of amides is 1. The monoisotopic (exact) mass is 392 g/mol. The highest BCUT2D eigenvalue weighted by Gasteiger charge is 2.20. The summed E-state index contributed by atoms with van der Waals surface area (Å²) in [4.78, 5) is 37.2. The Morgan fingerprint density at radius 3 is 2.38 bits per heavy atom. The number of aromatic nitrogens is 2. The average molecular weight is 392 g/mol. The van der Waals surface area contributed by atoms with Crippen molar-refractivity contribution in [1.29, 1.82) is 0 Å². The number of fused-ring (bicyclic) bond motifs is 1. The number of benzene rings is 2. The number of carboxylic acid groups (broad SMARTS) is 1. The van der Waals surface area contributed by atoms with Gasteiger partial charge in [0.1, 0.15) is 0 Å². The van der Waals surface area contributed by atoms with Gasteiger partial charge in [-0.2, -0.15) is 5.10 Å². The van der Waals surface area contributed by atoms with Gasteiger partial charge in [-0.05, 0) is 24.5 Å².